The fourth-order valence-corrected chi connectivity index (χ4v) is 3.86. The Balaban J connectivity index is 1.85. The van der Waals surface area contributed by atoms with Crippen molar-refractivity contribution in [1.82, 2.24) is 15.3 Å². The monoisotopic (exact) mass is 347 g/mol. The second kappa shape index (κ2) is 6.86. The number of aryl methyl sites for hydroxylation is 2. The molecule has 1 unspecified atom stereocenters. The van der Waals surface area contributed by atoms with E-state index in [-0.39, 0.29) is 24.0 Å². The molecule has 128 valence electrons. The largest absolute Gasteiger partial charge is 0.495 e. The standard InChI is InChI=1S/C17H21N3O3S/c1-9-16(24-10(2)19-9)17(22)20-15(11-4-13(21)5-11)12-6-14(23-3)8-18-7-12/h6-8,11,13,15,21H,4-5H2,1-3H3,(H,20,22). The zero-order valence-electron chi connectivity index (χ0n) is 13.9. The molecule has 2 N–H and O–H groups in total. The number of aliphatic hydroxyl groups excluding tert-OH is 1. The summed E-state index contributed by atoms with van der Waals surface area (Å²) in [5.41, 5.74) is 1.63. The molecular formula is C17H21N3O3S. The number of nitrogens with one attached hydrogen (secondary N) is 1. The molecule has 3 rings (SSSR count). The van der Waals surface area contributed by atoms with E-state index in [0.29, 0.717) is 23.5 Å². The summed E-state index contributed by atoms with van der Waals surface area (Å²) < 4.78 is 5.24. The van der Waals surface area contributed by atoms with Gasteiger partial charge in [0.1, 0.15) is 10.6 Å². The molecule has 0 bridgehead atoms. The number of methoxy groups -OCH3 is 1. The highest BCUT2D eigenvalue weighted by Gasteiger charge is 2.36. The van der Waals surface area contributed by atoms with Crippen LogP contribution >= 0.6 is 11.3 Å². The zero-order chi connectivity index (χ0) is 17.3. The second-order valence-electron chi connectivity index (χ2n) is 6.14. The highest BCUT2D eigenvalue weighted by atomic mass is 32.1. The molecule has 0 aromatic carbocycles. The van der Waals surface area contributed by atoms with Gasteiger partial charge in [-0.05, 0) is 44.2 Å². The minimum atomic E-state index is -0.291. The van der Waals surface area contributed by atoms with E-state index in [2.05, 4.69) is 15.3 Å². The number of hydrogen-bond donors (Lipinski definition) is 2. The molecule has 1 amide bonds. The number of rotatable bonds is 5. The van der Waals surface area contributed by atoms with E-state index in [1.165, 1.54) is 11.3 Å². The number of aliphatic hydroxyl groups is 1. The fraction of sp³-hybridized carbons (Fsp3) is 0.471. The van der Waals surface area contributed by atoms with E-state index in [0.717, 1.165) is 16.3 Å². The van der Waals surface area contributed by atoms with Gasteiger partial charge in [0.2, 0.25) is 0 Å². The van der Waals surface area contributed by atoms with Gasteiger partial charge in [0, 0.05) is 6.20 Å². The number of hydrogen-bond acceptors (Lipinski definition) is 6. The van der Waals surface area contributed by atoms with Crippen molar-refractivity contribution in [1.29, 1.82) is 0 Å². The van der Waals surface area contributed by atoms with Crippen molar-refractivity contribution < 1.29 is 14.6 Å². The average molecular weight is 347 g/mol. The molecule has 0 aliphatic heterocycles. The van der Waals surface area contributed by atoms with Gasteiger partial charge < -0.3 is 15.2 Å². The number of nitrogens with zero attached hydrogens (tertiary/aromatic N) is 2. The van der Waals surface area contributed by atoms with Crippen LogP contribution in [0.4, 0.5) is 0 Å². The van der Waals surface area contributed by atoms with Crippen LogP contribution in [0.5, 0.6) is 5.75 Å². The predicted octanol–water partition coefficient (Wildman–Crippen LogP) is 2.41. The SMILES string of the molecule is COc1cncc(C(NC(=O)c2sc(C)nc2C)C2CC(O)C2)c1. The van der Waals surface area contributed by atoms with Crippen molar-refractivity contribution in [2.45, 2.75) is 38.8 Å². The molecule has 2 heterocycles. The van der Waals surface area contributed by atoms with Gasteiger partial charge in [0.15, 0.2) is 0 Å². The van der Waals surface area contributed by atoms with E-state index < -0.39 is 0 Å². The topological polar surface area (TPSA) is 84.3 Å². The molecule has 2 aromatic heterocycles. The molecule has 0 spiro atoms. The Hall–Kier alpha value is -1.99. The van der Waals surface area contributed by atoms with Crippen LogP contribution in [0.15, 0.2) is 18.5 Å². The smallest absolute Gasteiger partial charge is 0.263 e. The quantitative estimate of drug-likeness (QED) is 0.868. The number of amides is 1. The maximum Gasteiger partial charge on any atom is 0.263 e. The molecule has 1 aliphatic carbocycles. The molecule has 7 heteroatoms. The Morgan fingerprint density at radius 2 is 2.17 bits per heavy atom. The van der Waals surface area contributed by atoms with Crippen LogP contribution in [-0.2, 0) is 0 Å². The van der Waals surface area contributed by atoms with E-state index in [1.807, 2.05) is 19.9 Å². The van der Waals surface area contributed by atoms with Crippen LogP contribution in [0.2, 0.25) is 0 Å². The number of ether oxygens (including phenoxy) is 1. The molecule has 1 fully saturated rings. The van der Waals surface area contributed by atoms with E-state index in [4.69, 9.17) is 4.74 Å². The summed E-state index contributed by atoms with van der Waals surface area (Å²) in [5.74, 6) is 0.705. The molecular weight excluding hydrogens is 326 g/mol. The van der Waals surface area contributed by atoms with Crippen LogP contribution < -0.4 is 10.1 Å². The van der Waals surface area contributed by atoms with Gasteiger partial charge in [-0.25, -0.2) is 4.98 Å². The predicted molar refractivity (Wildman–Crippen MR) is 91.3 cm³/mol. The van der Waals surface area contributed by atoms with E-state index >= 15 is 0 Å². The first kappa shape index (κ1) is 16.9. The van der Waals surface area contributed by atoms with Crippen molar-refractivity contribution in [3.8, 4) is 5.75 Å². The van der Waals surface area contributed by atoms with Crippen molar-refractivity contribution >= 4 is 17.2 Å². The minimum Gasteiger partial charge on any atom is -0.495 e. The van der Waals surface area contributed by atoms with E-state index in [1.54, 1.807) is 19.5 Å². The number of aromatic nitrogens is 2. The van der Waals surface area contributed by atoms with Crippen molar-refractivity contribution in [3.63, 3.8) is 0 Å². The molecule has 6 nitrogen and oxygen atoms in total. The Kier molecular flexibility index (Phi) is 4.82. The van der Waals surface area contributed by atoms with Crippen LogP contribution in [0.1, 0.15) is 44.8 Å². The molecule has 0 saturated heterocycles. The number of thiazole rings is 1. The first-order chi connectivity index (χ1) is 11.5. The molecule has 1 aliphatic rings. The summed E-state index contributed by atoms with van der Waals surface area (Å²) >= 11 is 1.39. The van der Waals surface area contributed by atoms with Crippen LogP contribution in [0.3, 0.4) is 0 Å². The lowest BCUT2D eigenvalue weighted by Gasteiger charge is -2.38. The van der Waals surface area contributed by atoms with Gasteiger partial charge in [0.05, 0.1) is 36.2 Å². The summed E-state index contributed by atoms with van der Waals surface area (Å²) in [5, 5.41) is 13.6. The third-order valence-corrected chi connectivity index (χ3v) is 5.42. The lowest BCUT2D eigenvalue weighted by atomic mass is 9.75. The summed E-state index contributed by atoms with van der Waals surface area (Å²) in [4.78, 5) is 21.8. The first-order valence-electron chi connectivity index (χ1n) is 7.89. The average Bonchev–Trinajstić information content (AvgIpc) is 2.88. The lowest BCUT2D eigenvalue weighted by molar-refractivity contribution is 0.0235. The highest BCUT2D eigenvalue weighted by molar-refractivity contribution is 7.13. The van der Waals surface area contributed by atoms with Gasteiger partial charge in [0.25, 0.3) is 5.91 Å². The molecule has 1 saturated carbocycles. The third-order valence-electron chi connectivity index (χ3n) is 4.35. The number of pyridine rings is 1. The van der Waals surface area contributed by atoms with Gasteiger partial charge in [-0.3, -0.25) is 9.78 Å². The maximum absolute atomic E-state index is 12.7. The van der Waals surface area contributed by atoms with Crippen LogP contribution in [-0.4, -0.2) is 34.2 Å². The Morgan fingerprint density at radius 1 is 1.42 bits per heavy atom. The summed E-state index contributed by atoms with van der Waals surface area (Å²) in [6.45, 7) is 3.73. The molecule has 1 atom stereocenters. The normalized spacial score (nSPS) is 21.0. The Morgan fingerprint density at radius 3 is 2.75 bits per heavy atom. The zero-order valence-corrected chi connectivity index (χ0v) is 14.8. The second-order valence-corrected chi connectivity index (χ2v) is 7.35. The Bertz CT molecular complexity index is 740. The number of carbonyl (C=O) groups excluding carboxylic acids is 1. The van der Waals surface area contributed by atoms with Crippen LogP contribution in [0.25, 0.3) is 0 Å². The molecule has 0 radical (unpaired) electrons. The number of carbonyl (C=O) groups is 1. The van der Waals surface area contributed by atoms with Crippen molar-refractivity contribution in [2.24, 2.45) is 5.92 Å². The Labute approximate surface area is 144 Å². The third kappa shape index (κ3) is 3.42. The molecule has 2 aromatic rings. The van der Waals surface area contributed by atoms with Crippen molar-refractivity contribution in [3.05, 3.63) is 39.6 Å². The van der Waals surface area contributed by atoms with Gasteiger partial charge in [-0.2, -0.15) is 0 Å². The summed E-state index contributed by atoms with van der Waals surface area (Å²) in [6.07, 6.45) is 4.42. The first-order valence-corrected chi connectivity index (χ1v) is 8.71. The summed E-state index contributed by atoms with van der Waals surface area (Å²) in [6, 6.07) is 1.68. The van der Waals surface area contributed by atoms with Gasteiger partial charge in [-0.1, -0.05) is 0 Å². The maximum atomic E-state index is 12.7. The fourth-order valence-electron chi connectivity index (χ4n) is 3.04. The van der Waals surface area contributed by atoms with Crippen molar-refractivity contribution in [2.75, 3.05) is 7.11 Å². The highest BCUT2D eigenvalue weighted by Crippen LogP contribution is 2.39. The minimum absolute atomic E-state index is 0.132. The van der Waals surface area contributed by atoms with Gasteiger partial charge >= 0.3 is 0 Å². The lowest BCUT2D eigenvalue weighted by Crippen LogP contribution is -2.41. The van der Waals surface area contributed by atoms with E-state index in [9.17, 15) is 9.90 Å². The van der Waals surface area contributed by atoms with Crippen LogP contribution in [0, 0.1) is 19.8 Å². The summed E-state index contributed by atoms with van der Waals surface area (Å²) in [7, 11) is 1.59. The van der Waals surface area contributed by atoms with Gasteiger partial charge in [-0.15, -0.1) is 11.3 Å². The molecule has 24 heavy (non-hydrogen) atoms.